The van der Waals surface area contributed by atoms with Crippen molar-refractivity contribution in [1.82, 2.24) is 5.06 Å². The Hall–Kier alpha value is -1.91. The number of rotatable bonds is 41. The summed E-state index contributed by atoms with van der Waals surface area (Å²) in [5.41, 5.74) is 5.33. The molecule has 0 aliphatic carbocycles. The molecule has 0 bridgehead atoms. The smallest absolute Gasteiger partial charge is 0.334 e. The van der Waals surface area contributed by atoms with Crippen molar-refractivity contribution in [2.75, 3.05) is 172 Å². The lowest BCUT2D eigenvalue weighted by molar-refractivity contribution is -0.193. The van der Waals surface area contributed by atoms with Crippen molar-refractivity contribution in [3.8, 4) is 0 Å². The molecule has 2 N–H and O–H groups in total. The Kier molecular flexibility index (Phi) is 39.9. The summed E-state index contributed by atoms with van der Waals surface area (Å²) in [6.45, 7) is 11.5. The Morgan fingerprint density at radius 2 is 0.700 bits per heavy atom. The van der Waals surface area contributed by atoms with Gasteiger partial charge in [-0.25, -0.2) is 4.79 Å². The fourth-order valence-corrected chi connectivity index (χ4v) is 3.35. The number of aldehydes is 1. The Balaban J connectivity index is 3.16. The molecule has 0 aromatic carbocycles. The van der Waals surface area contributed by atoms with E-state index in [1.165, 1.54) is 7.05 Å². The van der Waals surface area contributed by atoms with Crippen LogP contribution in [0, 0.1) is 0 Å². The lowest BCUT2D eigenvalue weighted by atomic mass is 10.3. The van der Waals surface area contributed by atoms with E-state index in [2.05, 4.69) is 0 Å². The molecule has 18 heteroatoms. The van der Waals surface area contributed by atoms with Gasteiger partial charge in [0.1, 0.15) is 6.29 Å². The zero-order valence-electron chi connectivity index (χ0n) is 29.9. The average Bonchev–Trinajstić information content (AvgIpc) is 3.11. The molecule has 0 spiro atoms. The lowest BCUT2D eigenvalue weighted by Crippen LogP contribution is -2.30. The number of hydrogen-bond acceptors (Lipinski definition) is 17. The van der Waals surface area contributed by atoms with Crippen LogP contribution < -0.4 is 5.73 Å². The molecule has 0 aliphatic rings. The maximum atomic E-state index is 11.7. The summed E-state index contributed by atoms with van der Waals surface area (Å²) in [4.78, 5) is 38.4. The Morgan fingerprint density at radius 1 is 0.440 bits per heavy atom. The third kappa shape index (κ3) is 38.9. The van der Waals surface area contributed by atoms with Crippen molar-refractivity contribution in [1.29, 1.82) is 0 Å². The lowest BCUT2D eigenvalue weighted by Gasteiger charge is -2.15. The molecule has 0 aromatic heterocycles. The zero-order chi connectivity index (χ0) is 36.4. The first-order valence-electron chi connectivity index (χ1n) is 17.2. The second-order valence-electron chi connectivity index (χ2n) is 9.95. The van der Waals surface area contributed by atoms with E-state index in [1.54, 1.807) is 0 Å². The fourth-order valence-electron chi connectivity index (χ4n) is 3.35. The maximum Gasteiger partial charge on any atom is 0.334 e. The highest BCUT2D eigenvalue weighted by Crippen LogP contribution is 1.98. The van der Waals surface area contributed by atoms with Gasteiger partial charge in [0.15, 0.2) is 0 Å². The van der Waals surface area contributed by atoms with E-state index in [1.807, 2.05) is 0 Å². The molecule has 0 saturated carbocycles. The number of hydroxylamine groups is 2. The van der Waals surface area contributed by atoms with Crippen LogP contribution in [0.4, 0.5) is 0 Å². The number of carbonyl (C=O) groups is 3. The Bertz CT molecular complexity index is 740. The van der Waals surface area contributed by atoms with Crippen molar-refractivity contribution in [2.24, 2.45) is 5.73 Å². The van der Waals surface area contributed by atoms with Crippen LogP contribution in [-0.4, -0.2) is 195 Å². The molecule has 0 fully saturated rings. The van der Waals surface area contributed by atoms with Crippen LogP contribution in [0.1, 0.15) is 19.3 Å². The number of hydrogen-bond donors (Lipinski definition) is 1. The molecule has 0 radical (unpaired) electrons. The van der Waals surface area contributed by atoms with Crippen molar-refractivity contribution in [3.05, 3.63) is 0 Å². The van der Waals surface area contributed by atoms with Crippen molar-refractivity contribution in [3.63, 3.8) is 0 Å². The number of nitrogens with zero attached hydrogens (tertiary/aromatic N) is 1. The van der Waals surface area contributed by atoms with Gasteiger partial charge in [-0.3, -0.25) is 4.79 Å². The summed E-state index contributed by atoms with van der Waals surface area (Å²) in [6, 6.07) is 0. The summed E-state index contributed by atoms with van der Waals surface area (Å²) in [5.74, 6) is -1.05. The second-order valence-corrected chi connectivity index (χ2v) is 9.95. The van der Waals surface area contributed by atoms with Gasteiger partial charge in [0, 0.05) is 26.4 Å². The average molecular weight is 731 g/mol. The van der Waals surface area contributed by atoms with Crippen molar-refractivity contribution >= 4 is 18.2 Å². The summed E-state index contributed by atoms with van der Waals surface area (Å²) in [6.07, 6.45) is 0.690. The van der Waals surface area contributed by atoms with Gasteiger partial charge in [-0.2, -0.15) is 5.06 Å². The molecule has 0 aliphatic heterocycles. The topological polar surface area (TPSA) is 200 Å². The molecule has 0 atom stereocenters. The van der Waals surface area contributed by atoms with Gasteiger partial charge in [-0.1, -0.05) is 0 Å². The van der Waals surface area contributed by atoms with Crippen LogP contribution in [-0.2, 0) is 76.1 Å². The third-order valence-corrected chi connectivity index (χ3v) is 5.87. The van der Waals surface area contributed by atoms with Gasteiger partial charge in [0.2, 0.25) is 0 Å². The van der Waals surface area contributed by atoms with Crippen molar-refractivity contribution < 1.29 is 76.1 Å². The van der Waals surface area contributed by atoms with Gasteiger partial charge < -0.3 is 72.2 Å². The van der Waals surface area contributed by atoms with Gasteiger partial charge in [0.25, 0.3) is 5.91 Å². The molecule has 0 aromatic rings. The molecule has 1 amide bonds. The van der Waals surface area contributed by atoms with Crippen LogP contribution in [0.3, 0.4) is 0 Å². The van der Waals surface area contributed by atoms with Crippen LogP contribution in [0.15, 0.2) is 0 Å². The highest BCUT2D eigenvalue weighted by Gasteiger charge is 2.13. The molecule has 0 rings (SSSR count). The highest BCUT2D eigenvalue weighted by molar-refractivity contribution is 5.79. The second kappa shape index (κ2) is 41.5. The van der Waals surface area contributed by atoms with Crippen LogP contribution >= 0.6 is 0 Å². The summed E-state index contributed by atoms with van der Waals surface area (Å²) < 4.78 is 64.8. The summed E-state index contributed by atoms with van der Waals surface area (Å²) in [5, 5.41) is 0.827. The van der Waals surface area contributed by atoms with Gasteiger partial charge in [0.05, 0.1) is 165 Å². The van der Waals surface area contributed by atoms with E-state index in [9.17, 15) is 14.4 Å². The zero-order valence-corrected chi connectivity index (χ0v) is 29.9. The first-order valence-corrected chi connectivity index (χ1v) is 17.2. The SMILES string of the molecule is CN(OC(=O)CCOCCOCCOCCOCCOCCOCCOCCOCCOCCOCCOCCOCCN)C(=O)CCC=O. The molecule has 0 unspecified atom stereocenters. The minimum absolute atomic E-state index is 0.00981. The number of nitrogens with two attached hydrogens (primary N) is 1. The predicted octanol–water partition coefficient (Wildman–Crippen LogP) is -0.570. The van der Waals surface area contributed by atoms with Gasteiger partial charge >= 0.3 is 5.97 Å². The normalized spacial score (nSPS) is 11.2. The van der Waals surface area contributed by atoms with E-state index in [0.717, 1.165) is 5.06 Å². The van der Waals surface area contributed by atoms with E-state index >= 15 is 0 Å². The van der Waals surface area contributed by atoms with E-state index < -0.39 is 11.9 Å². The fraction of sp³-hybridized carbons (Fsp3) is 0.906. The minimum Gasteiger partial charge on any atom is -0.378 e. The molecular formula is C32H62N2O16. The van der Waals surface area contributed by atoms with E-state index in [4.69, 9.17) is 67.4 Å². The number of carbonyl (C=O) groups excluding carboxylic acids is 3. The van der Waals surface area contributed by atoms with Crippen LogP contribution in [0.2, 0.25) is 0 Å². The Labute approximate surface area is 296 Å². The molecule has 0 saturated heterocycles. The first-order chi connectivity index (χ1) is 24.6. The largest absolute Gasteiger partial charge is 0.378 e. The van der Waals surface area contributed by atoms with E-state index in [-0.39, 0.29) is 25.9 Å². The Morgan fingerprint density at radius 3 is 0.960 bits per heavy atom. The third-order valence-electron chi connectivity index (χ3n) is 5.87. The van der Waals surface area contributed by atoms with E-state index in [0.29, 0.717) is 165 Å². The summed E-state index contributed by atoms with van der Waals surface area (Å²) in [7, 11) is 1.32. The molecule has 18 nitrogen and oxygen atoms in total. The molecule has 0 heterocycles. The van der Waals surface area contributed by atoms with Crippen molar-refractivity contribution in [2.45, 2.75) is 19.3 Å². The van der Waals surface area contributed by atoms with Crippen LogP contribution in [0.5, 0.6) is 0 Å². The first kappa shape index (κ1) is 48.1. The number of ether oxygens (including phenoxy) is 12. The van der Waals surface area contributed by atoms with Crippen LogP contribution in [0.25, 0.3) is 0 Å². The van der Waals surface area contributed by atoms with Gasteiger partial charge in [-0.05, 0) is 0 Å². The molecule has 50 heavy (non-hydrogen) atoms. The standard InChI is InChI=1S/C32H62N2O16/c1-34(31(36)3-2-6-35)50-32(37)4-7-38-9-11-40-13-15-42-17-19-44-21-23-46-25-27-48-29-30-49-28-26-47-24-22-45-20-18-43-16-14-41-12-10-39-8-5-33/h6H,2-5,7-30,33H2,1H3. The molecule has 296 valence electrons. The van der Waals surface area contributed by atoms with Gasteiger partial charge in [-0.15, -0.1) is 0 Å². The molecular weight excluding hydrogens is 668 g/mol. The predicted molar refractivity (Wildman–Crippen MR) is 178 cm³/mol. The number of amides is 1. The highest BCUT2D eigenvalue weighted by atomic mass is 16.7. The maximum absolute atomic E-state index is 11.7. The quantitative estimate of drug-likeness (QED) is 0.0476. The minimum atomic E-state index is -0.599. The monoisotopic (exact) mass is 730 g/mol. The summed E-state index contributed by atoms with van der Waals surface area (Å²) >= 11 is 0.